The molecule has 40 heavy (non-hydrogen) atoms. The summed E-state index contributed by atoms with van der Waals surface area (Å²) in [5.41, 5.74) is 3.26. The molecule has 1 unspecified atom stereocenters. The monoisotopic (exact) mass is 546 g/mol. The molecule has 4 aromatic rings. The van der Waals surface area contributed by atoms with Crippen LogP contribution in [0.1, 0.15) is 29.5 Å². The molecule has 0 aliphatic carbocycles. The molecular weight excluding hydrogens is 520 g/mol. The molecule has 2 aliphatic rings. The lowest BCUT2D eigenvalue weighted by molar-refractivity contribution is -0.126. The number of halogens is 4. The fourth-order valence-corrected chi connectivity index (χ4v) is 5.94. The predicted molar refractivity (Wildman–Crippen MR) is 145 cm³/mol. The Balaban J connectivity index is 1.37. The number of likely N-dealkylation sites (tertiary alicyclic amines) is 1. The summed E-state index contributed by atoms with van der Waals surface area (Å²) in [6, 6.07) is 20.3. The van der Waals surface area contributed by atoms with Gasteiger partial charge in [0.1, 0.15) is 17.2 Å². The number of aryl methyl sites for hydroxylation is 1. The first-order chi connectivity index (χ1) is 19.1. The lowest BCUT2D eigenvalue weighted by Gasteiger charge is -2.32. The van der Waals surface area contributed by atoms with Crippen molar-refractivity contribution in [1.82, 2.24) is 14.7 Å². The van der Waals surface area contributed by atoms with Crippen molar-refractivity contribution in [1.29, 1.82) is 0 Å². The van der Waals surface area contributed by atoms with Crippen LogP contribution in [0.15, 0.2) is 89.7 Å². The molecule has 0 bridgehead atoms. The molecule has 1 fully saturated rings. The van der Waals surface area contributed by atoms with Gasteiger partial charge in [0.05, 0.1) is 17.4 Å². The maximum atomic E-state index is 13.5. The van der Waals surface area contributed by atoms with Gasteiger partial charge in [-0.15, -0.1) is 0 Å². The third-order valence-electron chi connectivity index (χ3n) is 7.87. The quantitative estimate of drug-likeness (QED) is 0.269. The van der Waals surface area contributed by atoms with Crippen LogP contribution in [0.4, 0.5) is 17.6 Å². The minimum atomic E-state index is -4.55. The minimum absolute atomic E-state index is 0.143. The van der Waals surface area contributed by atoms with E-state index in [0.717, 1.165) is 33.3 Å². The lowest BCUT2D eigenvalue weighted by Crippen LogP contribution is -2.37. The van der Waals surface area contributed by atoms with Crippen LogP contribution in [0.5, 0.6) is 0 Å². The highest BCUT2D eigenvalue weighted by Crippen LogP contribution is 2.42. The minimum Gasteiger partial charge on any atom is -0.336 e. The molecule has 6 rings (SSSR count). The largest absolute Gasteiger partial charge is 0.429 e. The summed E-state index contributed by atoms with van der Waals surface area (Å²) >= 11 is 0. The number of fused-ring (bicyclic) bond motifs is 1. The fraction of sp³-hybridized carbons (Fsp3) is 0.258. The summed E-state index contributed by atoms with van der Waals surface area (Å²) in [6.45, 7) is 2.78. The Kier molecular flexibility index (Phi) is 6.32. The SMILES string of the molecule is Cc1cc2c(cnn2-c2ccc(F)cc2)cc1C1(Cc2ccccc2)CCN(C(=O)C2=CCC(C(F)(F)F)=N2)C1. The molecule has 5 nitrogen and oxygen atoms in total. The van der Waals surface area contributed by atoms with Gasteiger partial charge in [-0.05, 0) is 78.9 Å². The van der Waals surface area contributed by atoms with Crippen molar-refractivity contribution in [3.8, 4) is 5.69 Å². The third-order valence-corrected chi connectivity index (χ3v) is 7.87. The summed E-state index contributed by atoms with van der Waals surface area (Å²) in [6.07, 6.45) is -0.593. The van der Waals surface area contributed by atoms with E-state index < -0.39 is 23.2 Å². The van der Waals surface area contributed by atoms with Crippen molar-refractivity contribution in [2.45, 2.75) is 37.8 Å². The van der Waals surface area contributed by atoms with Gasteiger partial charge < -0.3 is 4.90 Å². The molecule has 3 aromatic carbocycles. The molecule has 0 saturated carbocycles. The normalized spacial score (nSPS) is 19.3. The second-order valence-electron chi connectivity index (χ2n) is 10.5. The van der Waals surface area contributed by atoms with Gasteiger partial charge in [0, 0.05) is 30.3 Å². The summed E-state index contributed by atoms with van der Waals surface area (Å²) in [5, 5.41) is 5.45. The number of aliphatic imine (C=N–C) groups is 1. The Morgan fingerprint density at radius 1 is 1.05 bits per heavy atom. The molecular formula is C31H26F4N4O. The number of carbonyl (C=O) groups excluding carboxylic acids is 1. The van der Waals surface area contributed by atoms with Crippen molar-refractivity contribution in [2.24, 2.45) is 4.99 Å². The van der Waals surface area contributed by atoms with Gasteiger partial charge in [-0.2, -0.15) is 18.3 Å². The van der Waals surface area contributed by atoms with Crippen LogP contribution < -0.4 is 0 Å². The second kappa shape index (κ2) is 9.73. The van der Waals surface area contributed by atoms with Crippen molar-refractivity contribution in [3.05, 3.63) is 107 Å². The van der Waals surface area contributed by atoms with Gasteiger partial charge >= 0.3 is 6.18 Å². The number of aromatic nitrogens is 2. The molecule has 3 heterocycles. The smallest absolute Gasteiger partial charge is 0.336 e. The zero-order valence-electron chi connectivity index (χ0n) is 21.8. The molecule has 0 N–H and O–H groups in total. The first kappa shape index (κ1) is 26.0. The zero-order chi connectivity index (χ0) is 28.1. The summed E-state index contributed by atoms with van der Waals surface area (Å²) in [5.74, 6) is -0.799. The second-order valence-corrected chi connectivity index (χ2v) is 10.5. The van der Waals surface area contributed by atoms with E-state index in [4.69, 9.17) is 0 Å². The first-order valence-electron chi connectivity index (χ1n) is 13.1. The van der Waals surface area contributed by atoms with Gasteiger partial charge in [0.2, 0.25) is 0 Å². The number of hydrogen-bond donors (Lipinski definition) is 0. The number of rotatable bonds is 5. The topological polar surface area (TPSA) is 50.5 Å². The van der Waals surface area contributed by atoms with Crippen LogP contribution in [0.25, 0.3) is 16.6 Å². The molecule has 1 atom stereocenters. The first-order valence-corrected chi connectivity index (χ1v) is 13.1. The van der Waals surface area contributed by atoms with Crippen LogP contribution in [-0.2, 0) is 16.6 Å². The summed E-state index contributed by atoms with van der Waals surface area (Å²) in [4.78, 5) is 18.6. The standard InChI is InChI=1S/C31H26F4N4O/c1-20-15-27-22(18-36-39(27)24-9-7-23(32)8-10-24)16-25(20)30(17-21-5-3-2-4-6-21)13-14-38(19-30)29(40)26-11-12-28(37-26)31(33,34)35/h2-11,15-16,18H,12-14,17,19H2,1H3. The highest BCUT2D eigenvalue weighted by molar-refractivity contribution is 6.03. The molecule has 2 aliphatic heterocycles. The molecule has 0 spiro atoms. The van der Waals surface area contributed by atoms with E-state index in [9.17, 15) is 22.4 Å². The van der Waals surface area contributed by atoms with E-state index in [0.29, 0.717) is 25.9 Å². The number of amides is 1. The highest BCUT2D eigenvalue weighted by Gasteiger charge is 2.44. The molecule has 1 saturated heterocycles. The summed E-state index contributed by atoms with van der Waals surface area (Å²) < 4.78 is 54.7. The van der Waals surface area contributed by atoms with Crippen molar-refractivity contribution in [3.63, 3.8) is 0 Å². The fourth-order valence-electron chi connectivity index (χ4n) is 5.94. The van der Waals surface area contributed by atoms with Crippen LogP contribution in [-0.4, -0.2) is 45.6 Å². The Hall–Kier alpha value is -4.27. The van der Waals surface area contributed by atoms with E-state index in [1.54, 1.807) is 27.9 Å². The van der Waals surface area contributed by atoms with Gasteiger partial charge in [-0.25, -0.2) is 14.1 Å². The number of carbonyl (C=O) groups is 1. The van der Waals surface area contributed by atoms with E-state index in [-0.39, 0.29) is 17.9 Å². The Morgan fingerprint density at radius 3 is 2.50 bits per heavy atom. The van der Waals surface area contributed by atoms with Crippen LogP contribution in [0, 0.1) is 12.7 Å². The van der Waals surface area contributed by atoms with Crippen LogP contribution in [0.3, 0.4) is 0 Å². The number of benzene rings is 3. The number of allylic oxidation sites excluding steroid dienone is 1. The average Bonchev–Trinajstić information content (AvgIpc) is 3.68. The Morgan fingerprint density at radius 2 is 1.80 bits per heavy atom. The van der Waals surface area contributed by atoms with Gasteiger partial charge in [-0.1, -0.05) is 30.3 Å². The number of alkyl halides is 3. The van der Waals surface area contributed by atoms with Crippen LogP contribution in [0.2, 0.25) is 0 Å². The number of nitrogens with zero attached hydrogens (tertiary/aromatic N) is 4. The van der Waals surface area contributed by atoms with Crippen molar-refractivity contribution >= 4 is 22.5 Å². The maximum absolute atomic E-state index is 13.5. The molecule has 204 valence electrons. The van der Waals surface area contributed by atoms with E-state index in [2.05, 4.69) is 22.2 Å². The molecule has 1 amide bonds. The van der Waals surface area contributed by atoms with Gasteiger partial charge in [0.15, 0.2) is 0 Å². The van der Waals surface area contributed by atoms with Crippen molar-refractivity contribution in [2.75, 3.05) is 13.1 Å². The Bertz CT molecular complexity index is 1650. The van der Waals surface area contributed by atoms with E-state index in [1.165, 1.54) is 18.2 Å². The van der Waals surface area contributed by atoms with Crippen molar-refractivity contribution < 1.29 is 22.4 Å². The predicted octanol–water partition coefficient (Wildman–Crippen LogP) is 6.48. The van der Waals surface area contributed by atoms with Crippen LogP contribution >= 0.6 is 0 Å². The maximum Gasteiger partial charge on any atom is 0.429 e. The molecule has 9 heteroatoms. The molecule has 0 radical (unpaired) electrons. The Labute approximate surface area is 228 Å². The highest BCUT2D eigenvalue weighted by atomic mass is 19.4. The third kappa shape index (κ3) is 4.69. The van der Waals surface area contributed by atoms with Gasteiger partial charge in [0.25, 0.3) is 5.91 Å². The zero-order valence-corrected chi connectivity index (χ0v) is 21.8. The summed E-state index contributed by atoms with van der Waals surface area (Å²) in [7, 11) is 0. The molecule has 1 aromatic heterocycles. The lowest BCUT2D eigenvalue weighted by atomic mass is 9.73. The average molecular weight is 547 g/mol. The van der Waals surface area contributed by atoms with E-state index >= 15 is 0 Å². The number of hydrogen-bond acceptors (Lipinski definition) is 3. The van der Waals surface area contributed by atoms with Gasteiger partial charge in [-0.3, -0.25) is 4.79 Å². The van der Waals surface area contributed by atoms with E-state index in [1.807, 2.05) is 37.3 Å².